The van der Waals surface area contributed by atoms with E-state index in [0.29, 0.717) is 0 Å². The molecule has 0 aromatic rings. The Morgan fingerprint density at radius 2 is 1.64 bits per heavy atom. The van der Waals surface area contributed by atoms with Crippen molar-refractivity contribution in [3.8, 4) is 0 Å². The van der Waals surface area contributed by atoms with Crippen LogP contribution in [0.1, 0.15) is 46.0 Å². The minimum Gasteiger partial charge on any atom is -0.314 e. The molecule has 0 aromatic carbocycles. The van der Waals surface area contributed by atoms with Crippen molar-refractivity contribution < 1.29 is 5.21 Å². The second-order valence-corrected chi connectivity index (χ2v) is 3.01. The lowest BCUT2D eigenvalue weighted by Crippen LogP contribution is -2.21. The van der Waals surface area contributed by atoms with Crippen molar-refractivity contribution >= 4 is 0 Å². The van der Waals surface area contributed by atoms with Gasteiger partial charge in [0, 0.05) is 13.1 Å². The molecule has 2 heteroatoms. The third kappa shape index (κ3) is 7.82. The van der Waals surface area contributed by atoms with Crippen LogP contribution in [-0.2, 0) is 0 Å². The summed E-state index contributed by atoms with van der Waals surface area (Å²) < 4.78 is 0. The molecule has 0 rings (SSSR count). The van der Waals surface area contributed by atoms with Crippen LogP contribution in [0.2, 0.25) is 0 Å². The summed E-state index contributed by atoms with van der Waals surface area (Å²) in [6, 6.07) is 0. The molecule has 68 valence electrons. The second kappa shape index (κ2) is 8.02. The molecular weight excluding hydrogens is 138 g/mol. The zero-order valence-corrected chi connectivity index (χ0v) is 7.84. The number of rotatable bonds is 7. The summed E-state index contributed by atoms with van der Waals surface area (Å²) in [5, 5.41) is 10.6. The van der Waals surface area contributed by atoms with E-state index in [-0.39, 0.29) is 0 Å². The monoisotopic (exact) mass is 159 g/mol. The molecule has 0 radical (unpaired) electrons. The van der Waals surface area contributed by atoms with E-state index in [1.807, 2.05) is 0 Å². The highest BCUT2D eigenvalue weighted by atomic mass is 16.5. The average Bonchev–Trinajstić information content (AvgIpc) is 1.99. The highest BCUT2D eigenvalue weighted by molar-refractivity contribution is 4.45. The maximum atomic E-state index is 9.18. The van der Waals surface area contributed by atoms with Gasteiger partial charge in [-0.15, -0.1) is 0 Å². The van der Waals surface area contributed by atoms with Crippen LogP contribution in [0.4, 0.5) is 0 Å². The van der Waals surface area contributed by atoms with Gasteiger partial charge in [-0.25, -0.2) is 0 Å². The summed E-state index contributed by atoms with van der Waals surface area (Å²) in [4.78, 5) is 0. The summed E-state index contributed by atoms with van der Waals surface area (Å²) >= 11 is 0. The van der Waals surface area contributed by atoms with Crippen molar-refractivity contribution in [3.63, 3.8) is 0 Å². The molecule has 0 spiro atoms. The standard InChI is InChI=1S/C9H21NO/c1-3-5-6-7-9-10(11)8-4-2/h11H,3-9H2,1-2H3. The smallest absolute Gasteiger partial charge is 0.0238 e. The molecular formula is C9H21NO. The first-order valence-corrected chi connectivity index (χ1v) is 4.75. The van der Waals surface area contributed by atoms with E-state index in [0.717, 1.165) is 25.9 Å². The van der Waals surface area contributed by atoms with E-state index < -0.39 is 0 Å². The summed E-state index contributed by atoms with van der Waals surface area (Å²) in [5.41, 5.74) is 0. The van der Waals surface area contributed by atoms with E-state index in [2.05, 4.69) is 13.8 Å². The Morgan fingerprint density at radius 3 is 2.18 bits per heavy atom. The van der Waals surface area contributed by atoms with Crippen molar-refractivity contribution in [2.45, 2.75) is 46.0 Å². The molecule has 2 nitrogen and oxygen atoms in total. The third-order valence-electron chi connectivity index (χ3n) is 1.75. The number of hydroxylamine groups is 2. The quantitative estimate of drug-likeness (QED) is 0.456. The topological polar surface area (TPSA) is 23.5 Å². The minimum absolute atomic E-state index is 0.812. The summed E-state index contributed by atoms with van der Waals surface area (Å²) in [5.74, 6) is 0. The predicted molar refractivity (Wildman–Crippen MR) is 47.8 cm³/mol. The Hall–Kier alpha value is -0.0800. The van der Waals surface area contributed by atoms with Crippen molar-refractivity contribution in [2.24, 2.45) is 0 Å². The average molecular weight is 159 g/mol. The third-order valence-corrected chi connectivity index (χ3v) is 1.75. The lowest BCUT2D eigenvalue weighted by atomic mass is 10.2. The van der Waals surface area contributed by atoms with E-state index in [1.54, 1.807) is 0 Å². The Kier molecular flexibility index (Phi) is 7.96. The minimum atomic E-state index is 0.812. The molecule has 0 heterocycles. The molecule has 0 fully saturated rings. The Bertz CT molecular complexity index is 76.0. The SMILES string of the molecule is CCCCCCN(O)CCC. The van der Waals surface area contributed by atoms with Gasteiger partial charge < -0.3 is 5.21 Å². The Morgan fingerprint density at radius 1 is 0.909 bits per heavy atom. The fraction of sp³-hybridized carbons (Fsp3) is 1.00. The van der Waals surface area contributed by atoms with Gasteiger partial charge in [0.1, 0.15) is 0 Å². The van der Waals surface area contributed by atoms with Crippen LogP contribution < -0.4 is 0 Å². The summed E-state index contributed by atoms with van der Waals surface area (Å²) in [7, 11) is 0. The van der Waals surface area contributed by atoms with Gasteiger partial charge in [0.05, 0.1) is 0 Å². The molecule has 0 aromatic heterocycles. The maximum absolute atomic E-state index is 9.18. The molecule has 0 saturated heterocycles. The van der Waals surface area contributed by atoms with Gasteiger partial charge in [-0.3, -0.25) is 0 Å². The number of hydrogen-bond acceptors (Lipinski definition) is 2. The van der Waals surface area contributed by atoms with Crippen LogP contribution in [0.25, 0.3) is 0 Å². The molecule has 0 saturated carbocycles. The lowest BCUT2D eigenvalue weighted by Gasteiger charge is -2.12. The molecule has 0 bridgehead atoms. The largest absolute Gasteiger partial charge is 0.314 e. The fourth-order valence-corrected chi connectivity index (χ4v) is 1.09. The second-order valence-electron chi connectivity index (χ2n) is 3.01. The normalized spacial score (nSPS) is 10.9. The Balaban J connectivity index is 2.97. The number of nitrogens with zero attached hydrogens (tertiary/aromatic N) is 1. The van der Waals surface area contributed by atoms with Crippen molar-refractivity contribution in [1.82, 2.24) is 5.06 Å². The first-order chi connectivity index (χ1) is 5.31. The van der Waals surface area contributed by atoms with E-state index in [4.69, 9.17) is 0 Å². The summed E-state index contributed by atoms with van der Waals surface area (Å²) in [6.45, 7) is 5.93. The molecule has 1 N–H and O–H groups in total. The first-order valence-electron chi connectivity index (χ1n) is 4.75. The van der Waals surface area contributed by atoms with Gasteiger partial charge in [0.15, 0.2) is 0 Å². The molecule has 0 aliphatic heterocycles. The van der Waals surface area contributed by atoms with Crippen LogP contribution in [0, 0.1) is 0 Å². The van der Waals surface area contributed by atoms with Gasteiger partial charge in [0.25, 0.3) is 0 Å². The first kappa shape index (κ1) is 10.9. The van der Waals surface area contributed by atoms with E-state index in [1.165, 1.54) is 24.3 Å². The molecule has 0 aliphatic rings. The van der Waals surface area contributed by atoms with Gasteiger partial charge in [0.2, 0.25) is 0 Å². The van der Waals surface area contributed by atoms with E-state index >= 15 is 0 Å². The maximum Gasteiger partial charge on any atom is 0.0238 e. The van der Waals surface area contributed by atoms with Crippen molar-refractivity contribution in [2.75, 3.05) is 13.1 Å². The number of unbranched alkanes of at least 4 members (excludes halogenated alkanes) is 3. The van der Waals surface area contributed by atoms with Crippen molar-refractivity contribution in [3.05, 3.63) is 0 Å². The number of hydrogen-bond donors (Lipinski definition) is 1. The van der Waals surface area contributed by atoms with Gasteiger partial charge in [-0.2, -0.15) is 5.06 Å². The summed E-state index contributed by atoms with van der Waals surface area (Å²) in [6.07, 6.45) is 5.96. The molecule has 11 heavy (non-hydrogen) atoms. The van der Waals surface area contributed by atoms with Crippen LogP contribution in [-0.4, -0.2) is 23.4 Å². The zero-order valence-electron chi connectivity index (χ0n) is 7.84. The van der Waals surface area contributed by atoms with Crippen LogP contribution in [0.15, 0.2) is 0 Å². The fourth-order valence-electron chi connectivity index (χ4n) is 1.09. The predicted octanol–water partition coefficient (Wildman–Crippen LogP) is 2.67. The van der Waals surface area contributed by atoms with Gasteiger partial charge in [-0.1, -0.05) is 33.1 Å². The van der Waals surface area contributed by atoms with Gasteiger partial charge >= 0.3 is 0 Å². The van der Waals surface area contributed by atoms with Crippen LogP contribution in [0.3, 0.4) is 0 Å². The highest BCUT2D eigenvalue weighted by Crippen LogP contribution is 1.99. The highest BCUT2D eigenvalue weighted by Gasteiger charge is 1.96. The molecule has 0 atom stereocenters. The lowest BCUT2D eigenvalue weighted by molar-refractivity contribution is -0.0912. The molecule has 0 aliphatic carbocycles. The molecule has 0 amide bonds. The Labute approximate surface area is 70.2 Å². The van der Waals surface area contributed by atoms with Crippen molar-refractivity contribution in [1.29, 1.82) is 0 Å². The van der Waals surface area contributed by atoms with E-state index in [9.17, 15) is 5.21 Å². The van der Waals surface area contributed by atoms with Crippen LogP contribution >= 0.6 is 0 Å². The zero-order chi connectivity index (χ0) is 8.53. The van der Waals surface area contributed by atoms with Crippen LogP contribution in [0.5, 0.6) is 0 Å². The molecule has 0 unspecified atom stereocenters. The van der Waals surface area contributed by atoms with Gasteiger partial charge in [-0.05, 0) is 12.8 Å².